The third-order valence-corrected chi connectivity index (χ3v) is 2.57. The average molecular weight is 299 g/mol. The molecule has 9 heteroatoms. The summed E-state index contributed by atoms with van der Waals surface area (Å²) in [7, 11) is 0. The Hall–Kier alpha value is -2.71. The summed E-state index contributed by atoms with van der Waals surface area (Å²) in [5.74, 6) is -1.27. The predicted octanol–water partition coefficient (Wildman–Crippen LogP) is 1.83. The molecule has 112 valence electrons. The number of carbonyl (C=O) groups is 1. The Balaban J connectivity index is 2.27. The van der Waals surface area contributed by atoms with Crippen LogP contribution in [0, 0.1) is 13.8 Å². The minimum atomic E-state index is -3.12. The second kappa shape index (κ2) is 5.73. The number of carbonyl (C=O) groups excluding carboxylic acids is 1. The monoisotopic (exact) mass is 299 g/mol. The van der Waals surface area contributed by atoms with E-state index in [1.54, 1.807) is 6.92 Å². The number of rotatable bonds is 4. The van der Waals surface area contributed by atoms with Crippen LogP contribution in [0.15, 0.2) is 21.6 Å². The first kappa shape index (κ1) is 14.7. The fourth-order valence-corrected chi connectivity index (χ4v) is 1.59. The van der Waals surface area contributed by atoms with Gasteiger partial charge < -0.3 is 19.6 Å². The molecule has 2 N–H and O–H groups in total. The molecule has 0 aliphatic rings. The molecule has 0 saturated carbocycles. The van der Waals surface area contributed by atoms with Crippen LogP contribution in [0.1, 0.15) is 21.8 Å². The summed E-state index contributed by atoms with van der Waals surface area (Å²) in [6.45, 7) is -0.0600. The van der Waals surface area contributed by atoms with Crippen molar-refractivity contribution in [3.05, 3.63) is 39.5 Å². The van der Waals surface area contributed by atoms with Gasteiger partial charge in [-0.3, -0.25) is 9.59 Å². The lowest BCUT2D eigenvalue weighted by Crippen LogP contribution is -2.22. The second-order valence-corrected chi connectivity index (χ2v) is 4.15. The highest BCUT2D eigenvalue weighted by atomic mass is 19.3. The highest BCUT2D eigenvalue weighted by molar-refractivity contribution is 6.04. The van der Waals surface area contributed by atoms with Gasteiger partial charge >= 0.3 is 6.61 Å². The van der Waals surface area contributed by atoms with Crippen LogP contribution in [0.5, 0.6) is 5.88 Å². The van der Waals surface area contributed by atoms with E-state index in [1.165, 1.54) is 19.2 Å². The van der Waals surface area contributed by atoms with Crippen LogP contribution in [-0.2, 0) is 0 Å². The molecule has 2 heterocycles. The van der Waals surface area contributed by atoms with Gasteiger partial charge in [-0.25, -0.2) is 0 Å². The minimum Gasteiger partial charge on any atom is -0.412 e. The Labute approximate surface area is 116 Å². The van der Waals surface area contributed by atoms with Crippen molar-refractivity contribution in [3.8, 4) is 5.88 Å². The largest absolute Gasteiger partial charge is 0.412 e. The number of alkyl halides is 2. The SMILES string of the molecule is Cc1cc(=O)c(C(=O)Nc2c(OC(F)F)noc2C)c[nH]1. The Morgan fingerprint density at radius 1 is 1.48 bits per heavy atom. The number of ether oxygens (including phenoxy) is 1. The highest BCUT2D eigenvalue weighted by Crippen LogP contribution is 2.28. The number of H-pyrrole nitrogens is 1. The smallest absolute Gasteiger partial charge is 0.388 e. The molecule has 21 heavy (non-hydrogen) atoms. The van der Waals surface area contributed by atoms with Gasteiger partial charge in [0, 0.05) is 18.0 Å². The molecule has 0 unspecified atom stereocenters. The first-order valence-corrected chi connectivity index (χ1v) is 5.80. The summed E-state index contributed by atoms with van der Waals surface area (Å²) < 4.78 is 33.2. The van der Waals surface area contributed by atoms with Crippen LogP contribution in [0.25, 0.3) is 0 Å². The van der Waals surface area contributed by atoms with Gasteiger partial charge in [-0.15, -0.1) is 0 Å². The zero-order valence-electron chi connectivity index (χ0n) is 11.1. The van der Waals surface area contributed by atoms with E-state index in [9.17, 15) is 18.4 Å². The van der Waals surface area contributed by atoms with Crippen molar-refractivity contribution in [2.45, 2.75) is 20.5 Å². The molecule has 7 nitrogen and oxygen atoms in total. The normalized spacial score (nSPS) is 10.7. The summed E-state index contributed by atoms with van der Waals surface area (Å²) in [4.78, 5) is 26.4. The first-order valence-electron chi connectivity index (χ1n) is 5.80. The van der Waals surface area contributed by atoms with Crippen LogP contribution < -0.4 is 15.5 Å². The van der Waals surface area contributed by atoms with Crippen molar-refractivity contribution in [2.24, 2.45) is 0 Å². The number of aromatic amines is 1. The Morgan fingerprint density at radius 3 is 2.81 bits per heavy atom. The van der Waals surface area contributed by atoms with E-state index in [0.717, 1.165) is 0 Å². The fraction of sp³-hybridized carbons (Fsp3) is 0.250. The standard InChI is InChI=1S/C12H11F2N3O4/c1-5-3-8(18)7(4-15-5)10(19)16-9-6(2)21-17-11(9)20-12(13)14/h3-4,12H,1-2H3,(H,15,18)(H,16,19). The lowest BCUT2D eigenvalue weighted by molar-refractivity contribution is -0.0541. The number of hydrogen-bond acceptors (Lipinski definition) is 5. The van der Waals surface area contributed by atoms with Crippen LogP contribution in [-0.4, -0.2) is 22.7 Å². The molecule has 0 bridgehead atoms. The first-order chi connectivity index (χ1) is 9.88. The molecule has 0 spiro atoms. The Morgan fingerprint density at radius 2 is 2.19 bits per heavy atom. The van der Waals surface area contributed by atoms with Crippen molar-refractivity contribution in [2.75, 3.05) is 5.32 Å². The van der Waals surface area contributed by atoms with E-state index in [-0.39, 0.29) is 17.0 Å². The van der Waals surface area contributed by atoms with Gasteiger partial charge in [0.05, 0.1) is 0 Å². The summed E-state index contributed by atoms with van der Waals surface area (Å²) in [6.07, 6.45) is 1.23. The van der Waals surface area contributed by atoms with E-state index in [0.29, 0.717) is 5.69 Å². The third kappa shape index (κ3) is 3.25. The molecule has 0 aliphatic carbocycles. The summed E-state index contributed by atoms with van der Waals surface area (Å²) in [5, 5.41) is 5.53. The molecular formula is C12H11F2N3O4. The fourth-order valence-electron chi connectivity index (χ4n) is 1.59. The van der Waals surface area contributed by atoms with Crippen molar-refractivity contribution in [1.29, 1.82) is 0 Å². The van der Waals surface area contributed by atoms with E-state index in [4.69, 9.17) is 0 Å². The maximum atomic E-state index is 12.2. The van der Waals surface area contributed by atoms with Gasteiger partial charge in [0.1, 0.15) is 11.3 Å². The zero-order valence-corrected chi connectivity index (χ0v) is 11.1. The lowest BCUT2D eigenvalue weighted by atomic mass is 10.2. The number of halogens is 2. The molecule has 0 atom stereocenters. The Kier molecular flexibility index (Phi) is 4.01. The van der Waals surface area contributed by atoms with Gasteiger partial charge in [-0.05, 0) is 19.0 Å². The maximum Gasteiger partial charge on any atom is 0.388 e. The maximum absolute atomic E-state index is 12.2. The van der Waals surface area contributed by atoms with Crippen LogP contribution >= 0.6 is 0 Å². The molecule has 2 aromatic rings. The molecule has 2 rings (SSSR count). The van der Waals surface area contributed by atoms with Crippen LogP contribution in [0.4, 0.5) is 14.5 Å². The van der Waals surface area contributed by atoms with E-state index in [2.05, 4.69) is 24.7 Å². The number of hydrogen-bond donors (Lipinski definition) is 2. The molecular weight excluding hydrogens is 288 g/mol. The summed E-state index contributed by atoms with van der Waals surface area (Å²) in [6, 6.07) is 1.24. The lowest BCUT2D eigenvalue weighted by Gasteiger charge is -2.06. The predicted molar refractivity (Wildman–Crippen MR) is 67.6 cm³/mol. The minimum absolute atomic E-state index is 0.0718. The number of nitrogens with zero attached hydrogens (tertiary/aromatic N) is 1. The van der Waals surface area contributed by atoms with Crippen molar-refractivity contribution in [3.63, 3.8) is 0 Å². The quantitative estimate of drug-likeness (QED) is 0.897. The topological polar surface area (TPSA) is 97.2 Å². The molecule has 0 saturated heterocycles. The number of aryl methyl sites for hydroxylation is 2. The van der Waals surface area contributed by atoms with Gasteiger partial charge in [0.15, 0.2) is 11.2 Å². The van der Waals surface area contributed by atoms with E-state index >= 15 is 0 Å². The van der Waals surface area contributed by atoms with Crippen molar-refractivity contribution >= 4 is 11.6 Å². The average Bonchev–Trinajstić information content (AvgIpc) is 2.70. The molecule has 0 fully saturated rings. The number of aromatic nitrogens is 2. The van der Waals surface area contributed by atoms with Gasteiger partial charge in [0.2, 0.25) is 0 Å². The molecule has 0 aromatic carbocycles. The molecule has 0 aliphatic heterocycles. The number of anilines is 1. The molecule has 1 amide bonds. The van der Waals surface area contributed by atoms with Crippen LogP contribution in [0.3, 0.4) is 0 Å². The third-order valence-electron chi connectivity index (χ3n) is 2.57. The number of nitrogens with one attached hydrogen (secondary N) is 2. The summed E-state index contributed by atoms with van der Waals surface area (Å²) >= 11 is 0. The second-order valence-electron chi connectivity index (χ2n) is 4.15. The summed E-state index contributed by atoms with van der Waals surface area (Å²) in [5.41, 5.74) is -0.252. The number of amides is 1. The molecule has 2 aromatic heterocycles. The highest BCUT2D eigenvalue weighted by Gasteiger charge is 2.21. The number of pyridine rings is 1. The zero-order chi connectivity index (χ0) is 15.6. The van der Waals surface area contributed by atoms with Crippen LogP contribution in [0.2, 0.25) is 0 Å². The van der Waals surface area contributed by atoms with E-state index in [1.807, 2.05) is 0 Å². The van der Waals surface area contributed by atoms with Gasteiger partial charge in [-0.1, -0.05) is 0 Å². The van der Waals surface area contributed by atoms with Gasteiger partial charge in [-0.2, -0.15) is 8.78 Å². The van der Waals surface area contributed by atoms with Crippen molar-refractivity contribution < 1.29 is 22.8 Å². The Bertz CT molecular complexity index is 724. The van der Waals surface area contributed by atoms with E-state index < -0.39 is 23.8 Å². The molecule has 0 radical (unpaired) electrons. The van der Waals surface area contributed by atoms with Crippen molar-refractivity contribution in [1.82, 2.24) is 10.1 Å². The van der Waals surface area contributed by atoms with Gasteiger partial charge in [0.25, 0.3) is 11.8 Å².